The maximum absolute atomic E-state index is 12.4. The van der Waals surface area contributed by atoms with E-state index in [-0.39, 0.29) is 24.0 Å². The first-order valence-electron chi connectivity index (χ1n) is 8.57. The minimum Gasteiger partial charge on any atom is -0.351 e. The largest absolute Gasteiger partial charge is 0.351 e. The number of thiophene rings is 1. The van der Waals surface area contributed by atoms with E-state index in [1.54, 1.807) is 6.07 Å². The topological polar surface area (TPSA) is 67.9 Å². The summed E-state index contributed by atoms with van der Waals surface area (Å²) < 4.78 is 11.1. The first-order valence-corrected chi connectivity index (χ1v) is 9.44. The Bertz CT molecular complexity index is 543. The van der Waals surface area contributed by atoms with Crippen LogP contribution in [-0.4, -0.2) is 55.9 Å². The minimum absolute atomic E-state index is 0.0639. The van der Waals surface area contributed by atoms with E-state index in [2.05, 4.69) is 5.32 Å². The zero-order valence-electron chi connectivity index (χ0n) is 13.7. The quantitative estimate of drug-likeness (QED) is 0.794. The molecule has 7 heteroatoms. The number of hydrogen-bond donors (Lipinski definition) is 1. The molecule has 0 bridgehead atoms. The van der Waals surface area contributed by atoms with Gasteiger partial charge in [0.05, 0.1) is 18.1 Å². The molecule has 1 unspecified atom stereocenters. The van der Waals surface area contributed by atoms with Gasteiger partial charge in [0, 0.05) is 32.0 Å². The molecule has 0 saturated carbocycles. The van der Waals surface area contributed by atoms with Gasteiger partial charge in [-0.1, -0.05) is 6.07 Å². The second-order valence-electron chi connectivity index (χ2n) is 6.19. The highest BCUT2D eigenvalue weighted by molar-refractivity contribution is 7.12. The van der Waals surface area contributed by atoms with E-state index in [1.807, 2.05) is 16.3 Å². The first-order chi connectivity index (χ1) is 11.7. The van der Waals surface area contributed by atoms with Crippen molar-refractivity contribution in [1.29, 1.82) is 0 Å². The van der Waals surface area contributed by atoms with E-state index in [4.69, 9.17) is 9.47 Å². The smallest absolute Gasteiger partial charge is 0.261 e. The predicted octanol–water partition coefficient (Wildman–Crippen LogP) is 1.87. The number of likely N-dealkylation sites (tertiary alicyclic amines) is 1. The Labute approximate surface area is 146 Å². The summed E-state index contributed by atoms with van der Waals surface area (Å²) in [4.78, 5) is 26.8. The molecule has 24 heavy (non-hydrogen) atoms. The van der Waals surface area contributed by atoms with E-state index in [0.29, 0.717) is 44.0 Å². The molecular weight excluding hydrogens is 328 g/mol. The van der Waals surface area contributed by atoms with Gasteiger partial charge in [-0.15, -0.1) is 11.3 Å². The van der Waals surface area contributed by atoms with Gasteiger partial charge in [0.25, 0.3) is 5.91 Å². The predicted molar refractivity (Wildman–Crippen MR) is 90.9 cm³/mol. The standard InChI is InChI=1S/C17H24N2O4S/c20-15(6-1-7-18-16(21)14-5-3-11-24-14)19-8-2-4-13(12-19)17-22-9-10-23-17/h3,5,11,13,17H,1-2,4,6-10,12H2,(H,18,21). The van der Waals surface area contributed by atoms with E-state index in [9.17, 15) is 9.59 Å². The maximum Gasteiger partial charge on any atom is 0.261 e. The summed E-state index contributed by atoms with van der Waals surface area (Å²) in [7, 11) is 0. The molecule has 0 aliphatic carbocycles. The van der Waals surface area contributed by atoms with Crippen LogP contribution in [0.1, 0.15) is 35.4 Å². The number of amides is 2. The molecule has 6 nitrogen and oxygen atoms in total. The lowest BCUT2D eigenvalue weighted by Crippen LogP contribution is -2.44. The SMILES string of the molecule is O=C(NCCCC(=O)N1CCCC(C2OCCO2)C1)c1cccs1. The molecule has 0 aromatic carbocycles. The Kier molecular flexibility index (Phi) is 6.23. The van der Waals surface area contributed by atoms with Crippen LogP contribution in [0.2, 0.25) is 0 Å². The summed E-state index contributed by atoms with van der Waals surface area (Å²) in [5.74, 6) is 0.373. The average molecular weight is 352 g/mol. The molecule has 0 spiro atoms. The lowest BCUT2D eigenvalue weighted by atomic mass is 9.97. The van der Waals surface area contributed by atoms with Crippen molar-refractivity contribution >= 4 is 23.2 Å². The molecule has 3 heterocycles. The van der Waals surface area contributed by atoms with Crippen molar-refractivity contribution in [3.63, 3.8) is 0 Å². The Morgan fingerprint density at radius 1 is 1.33 bits per heavy atom. The fourth-order valence-corrected chi connectivity index (χ4v) is 3.84. The number of hydrogen-bond acceptors (Lipinski definition) is 5. The number of rotatable bonds is 6. The normalized spacial score (nSPS) is 21.8. The zero-order chi connectivity index (χ0) is 16.8. The molecule has 132 valence electrons. The minimum atomic E-state index is -0.148. The van der Waals surface area contributed by atoms with Crippen LogP contribution in [0.3, 0.4) is 0 Å². The van der Waals surface area contributed by atoms with Crippen molar-refractivity contribution < 1.29 is 19.1 Å². The van der Waals surface area contributed by atoms with Gasteiger partial charge in [-0.3, -0.25) is 9.59 Å². The van der Waals surface area contributed by atoms with Crippen molar-refractivity contribution in [3.8, 4) is 0 Å². The lowest BCUT2D eigenvalue weighted by molar-refractivity contribution is -0.139. The second-order valence-corrected chi connectivity index (χ2v) is 7.14. The Morgan fingerprint density at radius 2 is 2.17 bits per heavy atom. The molecule has 1 N–H and O–H groups in total. The number of carbonyl (C=O) groups excluding carboxylic acids is 2. The van der Waals surface area contributed by atoms with Crippen molar-refractivity contribution in [2.24, 2.45) is 5.92 Å². The van der Waals surface area contributed by atoms with Crippen molar-refractivity contribution in [1.82, 2.24) is 10.2 Å². The molecular formula is C17H24N2O4S. The second kappa shape index (κ2) is 8.60. The lowest BCUT2D eigenvalue weighted by Gasteiger charge is -2.34. The van der Waals surface area contributed by atoms with Crippen molar-refractivity contribution in [3.05, 3.63) is 22.4 Å². The summed E-state index contributed by atoms with van der Waals surface area (Å²) in [5, 5.41) is 4.74. The highest BCUT2D eigenvalue weighted by atomic mass is 32.1. The summed E-state index contributed by atoms with van der Waals surface area (Å²) >= 11 is 1.42. The fraction of sp³-hybridized carbons (Fsp3) is 0.647. The van der Waals surface area contributed by atoms with Gasteiger partial charge in [0.15, 0.2) is 6.29 Å². The number of carbonyl (C=O) groups is 2. The van der Waals surface area contributed by atoms with Gasteiger partial charge in [-0.25, -0.2) is 0 Å². The van der Waals surface area contributed by atoms with Crippen LogP contribution in [0, 0.1) is 5.92 Å². The molecule has 0 radical (unpaired) electrons. The molecule has 2 saturated heterocycles. The zero-order valence-corrected chi connectivity index (χ0v) is 14.6. The Balaban J connectivity index is 1.36. The third-order valence-corrected chi connectivity index (χ3v) is 5.31. The molecule has 2 aliphatic rings. The summed E-state index contributed by atoms with van der Waals surface area (Å²) in [5.41, 5.74) is 0. The van der Waals surface area contributed by atoms with Gasteiger partial charge >= 0.3 is 0 Å². The van der Waals surface area contributed by atoms with Crippen LogP contribution in [0.25, 0.3) is 0 Å². The van der Waals surface area contributed by atoms with Crippen LogP contribution in [0.15, 0.2) is 17.5 Å². The van der Waals surface area contributed by atoms with Crippen molar-refractivity contribution in [2.45, 2.75) is 32.0 Å². The third-order valence-electron chi connectivity index (χ3n) is 4.44. The van der Waals surface area contributed by atoms with E-state index >= 15 is 0 Å². The molecule has 3 rings (SSSR count). The number of ether oxygens (including phenoxy) is 2. The van der Waals surface area contributed by atoms with Crippen LogP contribution in [0.4, 0.5) is 0 Å². The molecule has 1 aromatic heterocycles. The monoisotopic (exact) mass is 352 g/mol. The molecule has 1 atom stereocenters. The van der Waals surface area contributed by atoms with Gasteiger partial charge in [0.2, 0.25) is 5.91 Å². The van der Waals surface area contributed by atoms with Crippen molar-refractivity contribution in [2.75, 3.05) is 32.8 Å². The first kappa shape index (κ1) is 17.4. The molecule has 2 fully saturated rings. The fourth-order valence-electron chi connectivity index (χ4n) is 3.20. The van der Waals surface area contributed by atoms with Gasteiger partial charge in [-0.05, 0) is 30.7 Å². The van der Waals surface area contributed by atoms with E-state index < -0.39 is 0 Å². The Morgan fingerprint density at radius 3 is 2.92 bits per heavy atom. The highest BCUT2D eigenvalue weighted by Crippen LogP contribution is 2.25. The van der Waals surface area contributed by atoms with E-state index in [1.165, 1.54) is 11.3 Å². The summed E-state index contributed by atoms with van der Waals surface area (Å²) in [6, 6.07) is 3.65. The van der Waals surface area contributed by atoms with Crippen LogP contribution in [-0.2, 0) is 14.3 Å². The molecule has 2 aliphatic heterocycles. The van der Waals surface area contributed by atoms with Crippen LogP contribution < -0.4 is 5.32 Å². The summed E-state index contributed by atoms with van der Waals surface area (Å²) in [6.07, 6.45) is 3.02. The van der Waals surface area contributed by atoms with Gasteiger partial charge in [0.1, 0.15) is 0 Å². The van der Waals surface area contributed by atoms with E-state index in [0.717, 1.165) is 19.4 Å². The average Bonchev–Trinajstić information content (AvgIpc) is 3.32. The van der Waals surface area contributed by atoms with Crippen LogP contribution >= 0.6 is 11.3 Å². The summed E-state index contributed by atoms with van der Waals surface area (Å²) in [6.45, 7) is 3.35. The van der Waals surface area contributed by atoms with Gasteiger partial charge < -0.3 is 19.7 Å². The molecule has 2 amide bonds. The highest BCUT2D eigenvalue weighted by Gasteiger charge is 2.32. The molecule has 1 aromatic rings. The van der Waals surface area contributed by atoms with Crippen LogP contribution in [0.5, 0.6) is 0 Å². The maximum atomic E-state index is 12.4. The van der Waals surface area contributed by atoms with Gasteiger partial charge in [-0.2, -0.15) is 0 Å². The number of nitrogens with zero attached hydrogens (tertiary/aromatic N) is 1. The third kappa shape index (κ3) is 4.55. The number of nitrogens with one attached hydrogen (secondary N) is 1. The number of piperidine rings is 1. The Hall–Kier alpha value is -1.44.